The van der Waals surface area contributed by atoms with Crippen LogP contribution in [0.4, 0.5) is 5.69 Å². The van der Waals surface area contributed by atoms with Crippen LogP contribution in [0.25, 0.3) is 0 Å². The van der Waals surface area contributed by atoms with E-state index in [1.807, 2.05) is 0 Å². The molecule has 92 valence electrons. The van der Waals surface area contributed by atoms with Crippen LogP contribution in [-0.4, -0.2) is 24.2 Å². The van der Waals surface area contributed by atoms with E-state index < -0.39 is 20.5 Å². The summed E-state index contributed by atoms with van der Waals surface area (Å²) in [6.45, 7) is 2.85. The predicted octanol–water partition coefficient (Wildman–Crippen LogP) is 0.683. The van der Waals surface area contributed by atoms with Crippen molar-refractivity contribution in [3.63, 3.8) is 0 Å². The average Bonchev–Trinajstić information content (AvgIpc) is 2.25. The molecule has 0 fully saturated rings. The predicted molar refractivity (Wildman–Crippen MR) is 62.3 cm³/mol. The number of fused-ring (bicyclic) bond motifs is 1. The zero-order valence-electron chi connectivity index (χ0n) is 9.52. The lowest BCUT2D eigenvalue weighted by molar-refractivity contribution is -0.114. The first-order chi connectivity index (χ1) is 7.79. The second-order valence-corrected chi connectivity index (χ2v) is 6.35. The molecule has 1 heterocycles. The van der Waals surface area contributed by atoms with Crippen molar-refractivity contribution in [3.05, 3.63) is 23.8 Å². The second kappa shape index (κ2) is 3.54. The summed E-state index contributed by atoms with van der Waals surface area (Å²) in [6, 6.07) is 4.38. The van der Waals surface area contributed by atoms with Gasteiger partial charge in [0.1, 0.15) is 5.54 Å². The third-order valence-electron chi connectivity index (χ3n) is 2.72. The molecule has 1 aliphatic rings. The molecule has 1 aromatic rings. The first-order valence-electron chi connectivity index (χ1n) is 5.10. The molecule has 6 heteroatoms. The maximum absolute atomic E-state index is 12.0. The van der Waals surface area contributed by atoms with Crippen LogP contribution >= 0.6 is 0 Å². The molecule has 17 heavy (non-hydrogen) atoms. The summed E-state index contributed by atoms with van der Waals surface area (Å²) < 4.78 is 23.9. The zero-order valence-corrected chi connectivity index (χ0v) is 10.3. The number of anilines is 1. The number of carbonyl (C=O) groups excluding carboxylic acids is 1. The number of rotatable bonds is 1. The second-order valence-electron chi connectivity index (χ2n) is 4.53. The number of nitrogens with one attached hydrogen (secondary N) is 1. The SMILES string of the molecule is CC1(C)Nc2cc(CO)ccc2S(=O)(=O)C1=O. The van der Waals surface area contributed by atoms with Gasteiger partial charge in [-0.15, -0.1) is 0 Å². The Labute approximate surface area is 99.4 Å². The Hall–Kier alpha value is -1.40. The molecular formula is C11H13NO4S. The Balaban J connectivity index is 2.70. The molecule has 0 aromatic heterocycles. The summed E-state index contributed by atoms with van der Waals surface area (Å²) in [4.78, 5) is 11.8. The summed E-state index contributed by atoms with van der Waals surface area (Å²) in [5, 5.41) is 11.0. The van der Waals surface area contributed by atoms with E-state index in [2.05, 4.69) is 5.32 Å². The maximum atomic E-state index is 12.0. The molecule has 5 nitrogen and oxygen atoms in total. The molecule has 0 saturated heterocycles. The molecule has 0 unspecified atom stereocenters. The summed E-state index contributed by atoms with van der Waals surface area (Å²) in [5.41, 5.74) is -0.197. The van der Waals surface area contributed by atoms with Crippen molar-refractivity contribution in [2.75, 3.05) is 5.32 Å². The van der Waals surface area contributed by atoms with Crippen molar-refractivity contribution >= 4 is 20.6 Å². The number of hydrogen-bond acceptors (Lipinski definition) is 5. The molecule has 0 radical (unpaired) electrons. The van der Waals surface area contributed by atoms with Gasteiger partial charge in [-0.2, -0.15) is 0 Å². The third-order valence-corrected chi connectivity index (χ3v) is 4.65. The van der Waals surface area contributed by atoms with Crippen LogP contribution in [-0.2, 0) is 21.2 Å². The van der Waals surface area contributed by atoms with Crippen molar-refractivity contribution in [2.45, 2.75) is 30.9 Å². The fourth-order valence-corrected chi connectivity index (χ4v) is 3.40. The van der Waals surface area contributed by atoms with Crippen LogP contribution < -0.4 is 5.32 Å². The molecule has 0 bridgehead atoms. The lowest BCUT2D eigenvalue weighted by Crippen LogP contribution is -2.48. The van der Waals surface area contributed by atoms with Gasteiger partial charge >= 0.3 is 0 Å². The molecule has 0 aliphatic carbocycles. The van der Waals surface area contributed by atoms with Gasteiger partial charge in [0.05, 0.1) is 17.2 Å². The minimum atomic E-state index is -3.94. The Morgan fingerprint density at radius 3 is 2.59 bits per heavy atom. The van der Waals surface area contributed by atoms with Crippen molar-refractivity contribution in [2.24, 2.45) is 0 Å². The van der Waals surface area contributed by atoms with Crippen molar-refractivity contribution in [1.29, 1.82) is 0 Å². The van der Waals surface area contributed by atoms with E-state index in [0.717, 1.165) is 0 Å². The van der Waals surface area contributed by atoms with E-state index in [-0.39, 0.29) is 11.5 Å². The van der Waals surface area contributed by atoms with Gasteiger partial charge in [0.2, 0.25) is 9.84 Å². The van der Waals surface area contributed by atoms with Crippen molar-refractivity contribution in [1.82, 2.24) is 0 Å². The monoisotopic (exact) mass is 255 g/mol. The lowest BCUT2D eigenvalue weighted by atomic mass is 10.1. The number of hydrogen-bond donors (Lipinski definition) is 2. The summed E-state index contributed by atoms with van der Waals surface area (Å²) >= 11 is 0. The smallest absolute Gasteiger partial charge is 0.275 e. The van der Waals surface area contributed by atoms with E-state index in [4.69, 9.17) is 5.11 Å². The highest BCUT2D eigenvalue weighted by Gasteiger charge is 2.44. The van der Waals surface area contributed by atoms with Crippen LogP contribution in [0.15, 0.2) is 23.1 Å². The number of sulfone groups is 1. The van der Waals surface area contributed by atoms with Gasteiger partial charge in [0, 0.05) is 0 Å². The van der Waals surface area contributed by atoms with E-state index in [1.165, 1.54) is 26.0 Å². The van der Waals surface area contributed by atoms with E-state index in [0.29, 0.717) is 11.3 Å². The zero-order chi connectivity index (χ0) is 12.8. The molecule has 0 amide bonds. The molecule has 0 saturated carbocycles. The van der Waals surface area contributed by atoms with Crippen molar-refractivity contribution in [3.8, 4) is 0 Å². The standard InChI is InChI=1S/C11H13NO4S/c1-11(2)10(14)17(15,16)9-4-3-7(6-13)5-8(9)12-11/h3-5,12-13H,6H2,1-2H3. The molecule has 2 rings (SSSR count). The van der Waals surface area contributed by atoms with Gasteiger partial charge in [0.15, 0.2) is 0 Å². The van der Waals surface area contributed by atoms with Crippen LogP contribution in [0.3, 0.4) is 0 Å². The van der Waals surface area contributed by atoms with Crippen molar-refractivity contribution < 1.29 is 18.3 Å². The van der Waals surface area contributed by atoms with E-state index >= 15 is 0 Å². The molecule has 0 atom stereocenters. The minimum Gasteiger partial charge on any atom is -0.392 e. The third kappa shape index (κ3) is 1.73. The number of carbonyl (C=O) groups is 1. The fraction of sp³-hybridized carbons (Fsp3) is 0.364. The summed E-state index contributed by atoms with van der Waals surface area (Å²) in [7, 11) is -3.94. The number of aliphatic hydroxyl groups excluding tert-OH is 1. The Morgan fingerprint density at radius 1 is 1.35 bits per heavy atom. The van der Waals surface area contributed by atoms with E-state index in [9.17, 15) is 13.2 Å². The molecule has 2 N–H and O–H groups in total. The van der Waals surface area contributed by atoms with Gasteiger partial charge in [-0.3, -0.25) is 4.79 Å². The topological polar surface area (TPSA) is 83.5 Å². The normalized spacial score (nSPS) is 20.5. The van der Waals surface area contributed by atoms with Crippen LogP contribution in [0.2, 0.25) is 0 Å². The number of benzene rings is 1. The molecule has 1 aliphatic heterocycles. The first-order valence-corrected chi connectivity index (χ1v) is 6.59. The fourth-order valence-electron chi connectivity index (χ4n) is 1.83. The average molecular weight is 255 g/mol. The highest BCUT2D eigenvalue weighted by Crippen LogP contribution is 2.34. The maximum Gasteiger partial charge on any atom is 0.275 e. The Morgan fingerprint density at radius 2 is 2.00 bits per heavy atom. The minimum absolute atomic E-state index is 0.0287. The summed E-state index contributed by atoms with van der Waals surface area (Å²) in [5.74, 6) is 0. The number of aliphatic hydroxyl groups is 1. The summed E-state index contributed by atoms with van der Waals surface area (Å²) in [6.07, 6.45) is 0. The first kappa shape index (κ1) is 12.1. The van der Waals surface area contributed by atoms with E-state index in [1.54, 1.807) is 6.07 Å². The Bertz CT molecular complexity index is 589. The van der Waals surface area contributed by atoms with Crippen LogP contribution in [0.5, 0.6) is 0 Å². The van der Waals surface area contributed by atoms with Crippen LogP contribution in [0, 0.1) is 0 Å². The van der Waals surface area contributed by atoms with Gasteiger partial charge < -0.3 is 10.4 Å². The lowest BCUT2D eigenvalue weighted by Gasteiger charge is -2.31. The molecular weight excluding hydrogens is 242 g/mol. The van der Waals surface area contributed by atoms with Crippen LogP contribution in [0.1, 0.15) is 19.4 Å². The van der Waals surface area contributed by atoms with Gasteiger partial charge in [-0.1, -0.05) is 6.07 Å². The quantitative estimate of drug-likeness (QED) is 0.771. The molecule has 1 aromatic carbocycles. The molecule has 0 spiro atoms. The highest BCUT2D eigenvalue weighted by atomic mass is 32.2. The largest absolute Gasteiger partial charge is 0.392 e. The van der Waals surface area contributed by atoms with Gasteiger partial charge in [-0.05, 0) is 31.5 Å². The van der Waals surface area contributed by atoms with Gasteiger partial charge in [0.25, 0.3) is 5.12 Å². The van der Waals surface area contributed by atoms with Gasteiger partial charge in [-0.25, -0.2) is 8.42 Å². The Kier molecular flexibility index (Phi) is 2.52. The highest BCUT2D eigenvalue weighted by molar-refractivity contribution is 8.06.